The van der Waals surface area contributed by atoms with Gasteiger partial charge in [0.2, 0.25) is 0 Å². The van der Waals surface area contributed by atoms with E-state index in [0.717, 1.165) is 6.07 Å². The lowest BCUT2D eigenvalue weighted by Crippen LogP contribution is -2.17. The van der Waals surface area contributed by atoms with Crippen molar-refractivity contribution >= 4 is 16.7 Å². The smallest absolute Gasteiger partial charge is 0.203 e. The van der Waals surface area contributed by atoms with E-state index in [-0.39, 0.29) is 0 Å². The molecular formula is C30F18N4. The fourth-order valence-electron chi connectivity index (χ4n) is 4.80. The van der Waals surface area contributed by atoms with Crippen LogP contribution in [0.3, 0.4) is 0 Å². The normalized spacial score (nSPS) is 14.7. The Kier molecular flexibility index (Phi) is 9.39. The molecule has 1 aliphatic rings. The van der Waals surface area contributed by atoms with Gasteiger partial charge in [0.25, 0.3) is 0 Å². The van der Waals surface area contributed by atoms with Gasteiger partial charge in [0.15, 0.2) is 69.8 Å². The zero-order valence-electron chi connectivity index (χ0n) is 23.6. The topological polar surface area (TPSA) is 95.2 Å². The number of hydrogen-bond donors (Lipinski definition) is 0. The minimum atomic E-state index is -6.21. The van der Waals surface area contributed by atoms with Gasteiger partial charge in [0.1, 0.15) is 41.0 Å². The summed E-state index contributed by atoms with van der Waals surface area (Å²) in [4.78, 5) is 0. The van der Waals surface area contributed by atoms with Gasteiger partial charge in [-0.25, -0.2) is 52.7 Å². The predicted molar refractivity (Wildman–Crippen MR) is 131 cm³/mol. The van der Waals surface area contributed by atoms with Gasteiger partial charge in [-0.3, -0.25) is 0 Å². The van der Waals surface area contributed by atoms with Gasteiger partial charge >= 0.3 is 12.4 Å². The number of nitrogens with zero attached hydrogens (tertiary/aromatic N) is 4. The van der Waals surface area contributed by atoms with Gasteiger partial charge in [0.05, 0.1) is 33.4 Å². The number of hydrogen-bond acceptors (Lipinski definition) is 4. The molecule has 0 heterocycles. The average Bonchev–Trinajstić information content (AvgIpc) is 3.77. The molecule has 0 aliphatic heterocycles. The van der Waals surface area contributed by atoms with Crippen LogP contribution in [0.5, 0.6) is 0 Å². The van der Waals surface area contributed by atoms with Gasteiger partial charge in [-0.2, -0.15) is 47.4 Å². The minimum absolute atomic E-state index is 0.663. The second kappa shape index (κ2) is 12.7. The van der Waals surface area contributed by atoms with Crippen LogP contribution in [-0.2, 0) is 12.4 Å². The van der Waals surface area contributed by atoms with Crippen LogP contribution in [0.2, 0.25) is 0 Å². The van der Waals surface area contributed by atoms with Crippen molar-refractivity contribution in [1.29, 1.82) is 21.0 Å². The lowest BCUT2D eigenvalue weighted by atomic mass is 9.98. The predicted octanol–water partition coefficient (Wildman–Crippen LogP) is 9.51. The second-order valence-electron chi connectivity index (χ2n) is 9.71. The van der Waals surface area contributed by atoms with Crippen molar-refractivity contribution in [2.45, 2.75) is 12.4 Å². The summed E-state index contributed by atoms with van der Waals surface area (Å²) >= 11 is 0. The van der Waals surface area contributed by atoms with E-state index in [2.05, 4.69) is 0 Å². The Hall–Kier alpha value is -6.42. The van der Waals surface area contributed by atoms with Crippen LogP contribution in [0.1, 0.15) is 33.4 Å². The first-order chi connectivity index (χ1) is 24.0. The summed E-state index contributed by atoms with van der Waals surface area (Å²) in [7, 11) is 0. The Morgan fingerprint density at radius 2 is 0.558 bits per heavy atom. The van der Waals surface area contributed by atoms with E-state index >= 15 is 26.3 Å². The molecule has 3 aromatic rings. The van der Waals surface area contributed by atoms with Crippen molar-refractivity contribution < 1.29 is 79.0 Å². The Labute approximate surface area is 273 Å². The molecule has 1 aliphatic carbocycles. The summed E-state index contributed by atoms with van der Waals surface area (Å²) in [5.41, 5.74) is -27.6. The maximum atomic E-state index is 15.0. The van der Waals surface area contributed by atoms with Crippen LogP contribution in [0, 0.1) is 115 Å². The van der Waals surface area contributed by atoms with Crippen molar-refractivity contribution in [3.63, 3.8) is 0 Å². The molecule has 0 spiro atoms. The summed E-state index contributed by atoms with van der Waals surface area (Å²) in [5.74, 6) is -36.4. The highest BCUT2D eigenvalue weighted by Gasteiger charge is 2.49. The van der Waals surface area contributed by atoms with Crippen LogP contribution >= 0.6 is 0 Å². The molecule has 1 fully saturated rings. The van der Waals surface area contributed by atoms with Crippen LogP contribution in [0.25, 0.3) is 16.7 Å². The Bertz CT molecular complexity index is 2230. The van der Waals surface area contributed by atoms with Crippen LogP contribution < -0.4 is 0 Å². The van der Waals surface area contributed by atoms with E-state index in [0.29, 0.717) is 18.2 Å². The molecule has 0 radical (unpaired) electrons. The van der Waals surface area contributed by atoms with Crippen LogP contribution in [0.4, 0.5) is 79.0 Å². The van der Waals surface area contributed by atoms with Crippen molar-refractivity contribution in [1.82, 2.24) is 0 Å². The molecule has 0 atom stereocenters. The van der Waals surface area contributed by atoms with Gasteiger partial charge < -0.3 is 0 Å². The molecule has 4 nitrogen and oxygen atoms in total. The molecule has 0 bridgehead atoms. The Balaban J connectivity index is 2.38. The van der Waals surface area contributed by atoms with Gasteiger partial charge in [-0.05, 0) is 0 Å². The summed E-state index contributed by atoms with van der Waals surface area (Å²) in [5, 5.41) is 37.9. The van der Waals surface area contributed by atoms with E-state index in [4.69, 9.17) is 5.26 Å². The lowest BCUT2D eigenvalue weighted by Gasteiger charge is -2.14. The molecule has 266 valence electrons. The summed E-state index contributed by atoms with van der Waals surface area (Å²) in [6, 6.07) is 2.79. The molecule has 4 rings (SSSR count). The van der Waals surface area contributed by atoms with E-state index < -0.39 is 149 Å². The number of halogens is 18. The van der Waals surface area contributed by atoms with E-state index in [1.54, 1.807) is 0 Å². The summed E-state index contributed by atoms with van der Waals surface area (Å²) in [6.45, 7) is 0. The van der Waals surface area contributed by atoms with E-state index in [1.807, 2.05) is 0 Å². The highest BCUT2D eigenvalue weighted by atomic mass is 19.4. The fourth-order valence-corrected chi connectivity index (χ4v) is 4.80. The summed E-state index contributed by atoms with van der Waals surface area (Å²) in [6.07, 6.45) is -12.4. The average molecular weight is 758 g/mol. The molecule has 52 heavy (non-hydrogen) atoms. The molecule has 1 saturated carbocycles. The number of allylic oxidation sites excluding steroid dienone is 6. The minimum Gasteiger partial charge on any atom is -0.203 e. The first-order valence-electron chi connectivity index (χ1n) is 12.5. The maximum absolute atomic E-state index is 15.0. The molecule has 22 heteroatoms. The lowest BCUT2D eigenvalue weighted by molar-refractivity contribution is -0.144. The van der Waals surface area contributed by atoms with Crippen LogP contribution in [-0.4, -0.2) is 0 Å². The van der Waals surface area contributed by atoms with E-state index in [1.165, 1.54) is 0 Å². The first-order valence-corrected chi connectivity index (χ1v) is 12.5. The standard InChI is InChI=1S/C30F18N4/c31-17-8(4-52)18(32)20(34)12(19(17)33)5(1-49)9-10(6(2-50)13-21(35)25(39)15(29(43,44)45)26(40)22(13)36)11(9)7(3-51)14-23(37)27(41)16(30(46,47)48)28(42)24(14)38. The molecule has 0 amide bonds. The molecule has 0 unspecified atom stereocenters. The van der Waals surface area contributed by atoms with Crippen molar-refractivity contribution in [2.75, 3.05) is 0 Å². The Morgan fingerprint density at radius 1 is 0.346 bits per heavy atom. The molecule has 0 N–H and O–H groups in total. The third-order valence-corrected chi connectivity index (χ3v) is 6.99. The van der Waals surface area contributed by atoms with Crippen molar-refractivity contribution in [3.05, 3.63) is 120 Å². The summed E-state index contributed by atoms with van der Waals surface area (Å²) < 4.78 is 256. The first kappa shape index (κ1) is 38.4. The largest absolute Gasteiger partial charge is 0.422 e. The monoisotopic (exact) mass is 758 g/mol. The highest BCUT2D eigenvalue weighted by molar-refractivity contribution is 6.12. The van der Waals surface area contributed by atoms with Gasteiger partial charge in [-0.15, -0.1) is 0 Å². The zero-order chi connectivity index (χ0) is 39.7. The third-order valence-electron chi connectivity index (χ3n) is 6.99. The number of rotatable bonds is 3. The van der Waals surface area contributed by atoms with Crippen molar-refractivity contribution in [2.24, 2.45) is 0 Å². The quantitative estimate of drug-likeness (QED) is 0.151. The molecular weight excluding hydrogens is 758 g/mol. The van der Waals surface area contributed by atoms with Crippen molar-refractivity contribution in [3.8, 4) is 24.3 Å². The second-order valence-corrected chi connectivity index (χ2v) is 9.71. The van der Waals surface area contributed by atoms with Crippen LogP contribution in [0.15, 0.2) is 16.7 Å². The molecule has 0 saturated heterocycles. The fraction of sp³-hybridized carbons (Fsp3) is 0.0667. The van der Waals surface area contributed by atoms with E-state index in [9.17, 15) is 68.5 Å². The Morgan fingerprint density at radius 3 is 0.731 bits per heavy atom. The third kappa shape index (κ3) is 5.53. The number of alkyl halides is 6. The zero-order valence-corrected chi connectivity index (χ0v) is 23.6. The highest BCUT2D eigenvalue weighted by Crippen LogP contribution is 2.58. The number of benzene rings is 3. The number of nitriles is 4. The van der Waals surface area contributed by atoms with Gasteiger partial charge in [-0.1, -0.05) is 0 Å². The maximum Gasteiger partial charge on any atom is 0.422 e. The molecule has 3 aromatic carbocycles. The van der Waals surface area contributed by atoms with Gasteiger partial charge in [0, 0.05) is 16.7 Å². The molecule has 0 aromatic heterocycles. The SMILES string of the molecule is N#CC(=C1C(=C(C#N)c2c(F)c(F)c(C(F)(F)F)c(F)c2F)C1=C(C#N)c1c(F)c(F)c(C(F)(F)F)c(F)c1F)c1c(F)c(F)c(C#N)c(F)c1F.